The van der Waals surface area contributed by atoms with E-state index in [1.807, 2.05) is 11.8 Å². The molecule has 0 aromatic heterocycles. The maximum absolute atomic E-state index is 12.2. The summed E-state index contributed by atoms with van der Waals surface area (Å²) in [6.45, 7) is 11.6. The molecule has 122 valence electrons. The Balaban J connectivity index is 1.85. The lowest BCUT2D eigenvalue weighted by molar-refractivity contribution is -0.134. The molecule has 0 spiro atoms. The van der Waals surface area contributed by atoms with Crippen molar-refractivity contribution in [3.63, 3.8) is 0 Å². The van der Waals surface area contributed by atoms with Crippen molar-refractivity contribution in [1.29, 1.82) is 0 Å². The molecule has 0 bridgehead atoms. The minimum Gasteiger partial charge on any atom is -0.342 e. The van der Waals surface area contributed by atoms with Gasteiger partial charge >= 0.3 is 0 Å². The molecule has 2 nitrogen and oxygen atoms in total. The van der Waals surface area contributed by atoms with Crippen LogP contribution >= 0.6 is 11.8 Å². The first-order valence-corrected chi connectivity index (χ1v) is 9.95. The minimum atomic E-state index is 0.386. The second-order valence-corrected chi connectivity index (χ2v) is 9.16. The van der Waals surface area contributed by atoms with Crippen LogP contribution in [0, 0.1) is 23.2 Å². The van der Waals surface area contributed by atoms with Gasteiger partial charge in [-0.1, -0.05) is 27.7 Å². The topological polar surface area (TPSA) is 20.3 Å². The Morgan fingerprint density at radius 3 is 2.19 bits per heavy atom. The van der Waals surface area contributed by atoms with E-state index in [1.54, 1.807) is 0 Å². The number of likely N-dealkylation sites (tertiary alicyclic amines) is 1. The molecule has 0 aromatic carbocycles. The van der Waals surface area contributed by atoms with Crippen molar-refractivity contribution in [3.8, 4) is 0 Å². The largest absolute Gasteiger partial charge is 0.342 e. The minimum absolute atomic E-state index is 0.386. The Kier molecular flexibility index (Phi) is 5.67. The van der Waals surface area contributed by atoms with E-state index in [1.165, 1.54) is 19.3 Å². The first-order chi connectivity index (χ1) is 9.85. The van der Waals surface area contributed by atoms with Gasteiger partial charge in [0.15, 0.2) is 0 Å². The van der Waals surface area contributed by atoms with Crippen LogP contribution in [0.3, 0.4) is 0 Å². The van der Waals surface area contributed by atoms with E-state index in [0.29, 0.717) is 17.2 Å². The average molecular weight is 312 g/mol. The highest BCUT2D eigenvalue weighted by Gasteiger charge is 2.38. The Bertz CT molecular complexity index is 354. The molecule has 2 aliphatic rings. The second-order valence-electron chi connectivity index (χ2n) is 8.08. The predicted molar refractivity (Wildman–Crippen MR) is 92.6 cm³/mol. The van der Waals surface area contributed by atoms with Crippen LogP contribution in [0.15, 0.2) is 0 Å². The van der Waals surface area contributed by atoms with Gasteiger partial charge in [-0.2, -0.15) is 11.8 Å². The number of carbonyl (C=O) groups excluding carboxylic acids is 1. The van der Waals surface area contributed by atoms with Gasteiger partial charge in [-0.25, -0.2) is 0 Å². The van der Waals surface area contributed by atoms with E-state index in [4.69, 9.17) is 0 Å². The molecule has 0 N–H and O–H groups in total. The summed E-state index contributed by atoms with van der Waals surface area (Å²) in [6, 6.07) is 0. The molecule has 1 heterocycles. The third-order valence-corrected chi connectivity index (χ3v) is 6.93. The van der Waals surface area contributed by atoms with Gasteiger partial charge in [-0.05, 0) is 55.6 Å². The van der Waals surface area contributed by atoms with Crippen LogP contribution in [0.25, 0.3) is 0 Å². The smallest absolute Gasteiger partial charge is 0.225 e. The summed E-state index contributed by atoms with van der Waals surface area (Å²) in [4.78, 5) is 14.3. The van der Waals surface area contributed by atoms with Crippen LogP contribution in [-0.2, 0) is 4.79 Å². The van der Waals surface area contributed by atoms with Crippen LogP contribution < -0.4 is 0 Å². The van der Waals surface area contributed by atoms with E-state index in [2.05, 4.69) is 38.9 Å². The Labute approximate surface area is 135 Å². The summed E-state index contributed by atoms with van der Waals surface area (Å²) in [6.07, 6.45) is 8.21. The van der Waals surface area contributed by atoms with Crippen molar-refractivity contribution < 1.29 is 4.79 Å². The third kappa shape index (κ3) is 4.40. The number of piperidine rings is 1. The summed E-state index contributed by atoms with van der Waals surface area (Å²) in [5.41, 5.74) is 0.396. The molecule has 1 aliphatic heterocycles. The van der Waals surface area contributed by atoms with Crippen molar-refractivity contribution in [2.45, 2.75) is 65.0 Å². The number of hydrogen-bond acceptors (Lipinski definition) is 2. The van der Waals surface area contributed by atoms with Gasteiger partial charge in [0.1, 0.15) is 0 Å². The van der Waals surface area contributed by atoms with Crippen molar-refractivity contribution in [1.82, 2.24) is 4.90 Å². The summed E-state index contributed by atoms with van der Waals surface area (Å²) in [5, 5.41) is 0.756. The normalized spacial score (nSPS) is 22.7. The monoisotopic (exact) mass is 311 g/mol. The number of rotatable bonds is 6. The molecule has 1 unspecified atom stereocenters. The van der Waals surface area contributed by atoms with Crippen LogP contribution in [-0.4, -0.2) is 35.4 Å². The van der Waals surface area contributed by atoms with Crippen molar-refractivity contribution in [3.05, 3.63) is 0 Å². The summed E-state index contributed by atoms with van der Waals surface area (Å²) >= 11 is 2.02. The number of amides is 1. The summed E-state index contributed by atoms with van der Waals surface area (Å²) in [7, 11) is 0. The number of nitrogens with zero attached hydrogens (tertiary/aromatic N) is 1. The molecule has 1 atom stereocenters. The van der Waals surface area contributed by atoms with Crippen LogP contribution in [0.2, 0.25) is 0 Å². The predicted octanol–water partition coefficient (Wildman–Crippen LogP) is 4.44. The zero-order chi connectivity index (χ0) is 15.6. The van der Waals surface area contributed by atoms with Gasteiger partial charge in [-0.15, -0.1) is 0 Å². The van der Waals surface area contributed by atoms with Crippen molar-refractivity contribution in [2.24, 2.45) is 23.2 Å². The lowest BCUT2D eigenvalue weighted by atomic mass is 9.70. The molecule has 1 aliphatic carbocycles. The van der Waals surface area contributed by atoms with E-state index >= 15 is 0 Å². The number of hydrogen-bond donors (Lipinski definition) is 0. The highest BCUT2D eigenvalue weighted by Crippen LogP contribution is 2.42. The van der Waals surface area contributed by atoms with E-state index in [-0.39, 0.29) is 0 Å². The van der Waals surface area contributed by atoms with E-state index < -0.39 is 0 Å². The number of carbonyl (C=O) groups is 1. The maximum atomic E-state index is 12.2. The first-order valence-electron chi connectivity index (χ1n) is 8.66. The Morgan fingerprint density at radius 2 is 1.76 bits per heavy atom. The second kappa shape index (κ2) is 6.93. The average Bonchev–Trinajstić information content (AvgIpc) is 3.28. The standard InChI is InChI=1S/C18H33NOS/c1-13(2)16(21-5)12-18(3,4)15-8-10-19(11-9-15)17(20)14-6-7-14/h13-16H,6-12H2,1-5H3. The van der Waals surface area contributed by atoms with Gasteiger partial charge in [0.05, 0.1) is 0 Å². The molecular weight excluding hydrogens is 278 g/mol. The molecule has 2 fully saturated rings. The fourth-order valence-corrected chi connectivity index (χ4v) is 4.89. The van der Waals surface area contributed by atoms with E-state index in [9.17, 15) is 4.79 Å². The van der Waals surface area contributed by atoms with Gasteiger partial charge in [0.25, 0.3) is 0 Å². The molecule has 0 radical (unpaired) electrons. The summed E-state index contributed by atoms with van der Waals surface area (Å²) < 4.78 is 0. The quantitative estimate of drug-likeness (QED) is 0.723. The van der Waals surface area contributed by atoms with Crippen molar-refractivity contribution >= 4 is 17.7 Å². The molecule has 1 saturated heterocycles. The van der Waals surface area contributed by atoms with Crippen molar-refractivity contribution in [2.75, 3.05) is 19.3 Å². The molecule has 3 heteroatoms. The fourth-order valence-electron chi connectivity index (χ4n) is 3.75. The molecular formula is C18H33NOS. The fraction of sp³-hybridized carbons (Fsp3) is 0.944. The molecule has 21 heavy (non-hydrogen) atoms. The van der Waals surface area contributed by atoms with E-state index in [0.717, 1.165) is 43.0 Å². The van der Waals surface area contributed by atoms with Crippen LogP contribution in [0.1, 0.15) is 59.8 Å². The molecule has 0 aromatic rings. The number of thioether (sulfide) groups is 1. The lowest BCUT2D eigenvalue weighted by Crippen LogP contribution is -2.43. The Hall–Kier alpha value is -0.180. The molecule has 1 saturated carbocycles. The van der Waals surface area contributed by atoms with Gasteiger partial charge in [0.2, 0.25) is 5.91 Å². The first kappa shape index (κ1) is 17.2. The summed E-state index contributed by atoms with van der Waals surface area (Å²) in [5.74, 6) is 2.34. The van der Waals surface area contributed by atoms with Gasteiger partial charge in [-0.3, -0.25) is 4.79 Å². The molecule has 1 amide bonds. The van der Waals surface area contributed by atoms with Gasteiger partial charge < -0.3 is 4.90 Å². The van der Waals surface area contributed by atoms with Gasteiger partial charge in [0, 0.05) is 24.3 Å². The molecule has 2 rings (SSSR count). The maximum Gasteiger partial charge on any atom is 0.225 e. The third-order valence-electron chi connectivity index (χ3n) is 5.61. The zero-order valence-corrected chi connectivity index (χ0v) is 15.3. The highest BCUT2D eigenvalue weighted by molar-refractivity contribution is 7.99. The SMILES string of the molecule is CSC(CC(C)(C)C1CCN(C(=O)C2CC2)CC1)C(C)C. The van der Waals surface area contributed by atoms with Crippen LogP contribution in [0.5, 0.6) is 0 Å². The van der Waals surface area contributed by atoms with Crippen LogP contribution in [0.4, 0.5) is 0 Å². The lowest BCUT2D eigenvalue weighted by Gasteiger charge is -2.42. The Morgan fingerprint density at radius 1 is 1.19 bits per heavy atom. The zero-order valence-electron chi connectivity index (χ0n) is 14.5. The highest BCUT2D eigenvalue weighted by atomic mass is 32.2.